The number of likely N-dealkylation sites (tertiary alicyclic amines) is 1. The number of ether oxygens (including phenoxy) is 1. The van der Waals surface area contributed by atoms with E-state index in [-0.39, 0.29) is 49.7 Å². The van der Waals surface area contributed by atoms with Crippen molar-refractivity contribution < 1.29 is 18.7 Å². The Kier molecular flexibility index (Phi) is 6.70. The van der Waals surface area contributed by atoms with Gasteiger partial charge in [-0.3, -0.25) is 9.59 Å². The molecule has 1 N–H and O–H groups in total. The lowest BCUT2D eigenvalue weighted by molar-refractivity contribution is -0.137. The van der Waals surface area contributed by atoms with Gasteiger partial charge in [-0.05, 0) is 12.5 Å². The minimum absolute atomic E-state index is 0.0513. The van der Waals surface area contributed by atoms with Gasteiger partial charge in [0.2, 0.25) is 5.91 Å². The van der Waals surface area contributed by atoms with Gasteiger partial charge in [-0.2, -0.15) is 0 Å². The van der Waals surface area contributed by atoms with Gasteiger partial charge in [0.1, 0.15) is 12.8 Å². The maximum absolute atomic E-state index is 13.9. The molecule has 0 aliphatic carbocycles. The Morgan fingerprint density at radius 3 is 2.86 bits per heavy atom. The summed E-state index contributed by atoms with van der Waals surface area (Å²) in [6.07, 6.45) is 0.664. The minimum atomic E-state index is -1.08. The molecule has 0 unspecified atom stereocenters. The third-order valence-corrected chi connectivity index (χ3v) is 4.58. The zero-order valence-corrected chi connectivity index (χ0v) is 15.8. The van der Waals surface area contributed by atoms with Gasteiger partial charge in [-0.15, -0.1) is 5.10 Å². The van der Waals surface area contributed by atoms with Crippen LogP contribution in [0.25, 0.3) is 0 Å². The molecule has 1 aromatic heterocycles. The highest BCUT2D eigenvalue weighted by Crippen LogP contribution is 2.22. The largest absolute Gasteiger partial charge is 0.372 e. The standard InChI is InChI=1S/C19H24FN5O3/c1-2-28-13-18(26)25-10-15(20)8-16(25)11-24-12-17(22-23-24)19(27)21-9-14-6-4-3-5-7-14/h3-7,12,15-16H,2,8-11,13H2,1H3,(H,21,27)/t15-,16-/m0/s1. The number of rotatable bonds is 8. The Morgan fingerprint density at radius 1 is 1.32 bits per heavy atom. The fourth-order valence-corrected chi connectivity index (χ4v) is 3.19. The Morgan fingerprint density at radius 2 is 2.11 bits per heavy atom. The first-order chi connectivity index (χ1) is 13.6. The van der Waals surface area contributed by atoms with Crippen LogP contribution in [0.15, 0.2) is 36.5 Å². The number of alkyl halides is 1. The first-order valence-corrected chi connectivity index (χ1v) is 9.30. The Labute approximate surface area is 162 Å². The SMILES string of the molecule is CCOCC(=O)N1C[C@@H](F)C[C@H]1Cn1cc(C(=O)NCc2ccccc2)nn1. The summed E-state index contributed by atoms with van der Waals surface area (Å²) in [5.41, 5.74) is 1.16. The second-order valence-corrected chi connectivity index (χ2v) is 6.66. The lowest BCUT2D eigenvalue weighted by atomic mass is 10.2. The monoisotopic (exact) mass is 389 g/mol. The van der Waals surface area contributed by atoms with Crippen LogP contribution >= 0.6 is 0 Å². The van der Waals surface area contributed by atoms with Gasteiger partial charge in [-0.1, -0.05) is 35.5 Å². The number of carbonyl (C=O) groups excluding carboxylic acids is 2. The molecule has 2 aromatic rings. The second kappa shape index (κ2) is 9.41. The second-order valence-electron chi connectivity index (χ2n) is 6.66. The Balaban J connectivity index is 1.57. The van der Waals surface area contributed by atoms with Crippen molar-refractivity contribution in [2.45, 2.75) is 38.6 Å². The van der Waals surface area contributed by atoms with E-state index in [0.29, 0.717) is 13.2 Å². The summed E-state index contributed by atoms with van der Waals surface area (Å²) in [6, 6.07) is 9.19. The van der Waals surface area contributed by atoms with Crippen molar-refractivity contribution in [1.82, 2.24) is 25.2 Å². The molecular formula is C19H24FN5O3. The van der Waals surface area contributed by atoms with Crippen molar-refractivity contribution in [3.05, 3.63) is 47.8 Å². The molecule has 0 radical (unpaired) electrons. The molecule has 1 fully saturated rings. The molecule has 2 heterocycles. The average Bonchev–Trinajstić information content (AvgIpc) is 3.32. The van der Waals surface area contributed by atoms with Crippen LogP contribution in [-0.4, -0.2) is 63.7 Å². The first kappa shape index (κ1) is 19.9. The van der Waals surface area contributed by atoms with Gasteiger partial charge in [-0.25, -0.2) is 9.07 Å². The third-order valence-electron chi connectivity index (χ3n) is 4.58. The molecule has 0 spiro atoms. The van der Waals surface area contributed by atoms with Crippen molar-refractivity contribution in [2.24, 2.45) is 0 Å². The maximum Gasteiger partial charge on any atom is 0.273 e. The molecule has 2 amide bonds. The first-order valence-electron chi connectivity index (χ1n) is 9.30. The Bertz CT molecular complexity index is 798. The minimum Gasteiger partial charge on any atom is -0.372 e. The van der Waals surface area contributed by atoms with Gasteiger partial charge < -0.3 is 15.0 Å². The van der Waals surface area contributed by atoms with E-state index in [1.165, 1.54) is 15.8 Å². The fraction of sp³-hybridized carbons (Fsp3) is 0.474. The number of hydrogen-bond acceptors (Lipinski definition) is 5. The third kappa shape index (κ3) is 5.13. The summed E-state index contributed by atoms with van der Waals surface area (Å²) in [4.78, 5) is 25.9. The normalized spacial score (nSPS) is 19.0. The Hall–Kier alpha value is -2.81. The molecule has 0 bridgehead atoms. The quantitative estimate of drug-likeness (QED) is 0.732. The van der Waals surface area contributed by atoms with Crippen molar-refractivity contribution in [3.63, 3.8) is 0 Å². The highest BCUT2D eigenvalue weighted by atomic mass is 19.1. The van der Waals surface area contributed by atoms with E-state index in [1.807, 2.05) is 30.3 Å². The van der Waals surface area contributed by atoms with Crippen LogP contribution in [0.1, 0.15) is 29.4 Å². The summed E-state index contributed by atoms with van der Waals surface area (Å²) >= 11 is 0. The summed E-state index contributed by atoms with van der Waals surface area (Å²) in [6.45, 7) is 2.87. The van der Waals surface area contributed by atoms with E-state index in [9.17, 15) is 14.0 Å². The van der Waals surface area contributed by atoms with E-state index < -0.39 is 6.17 Å². The number of aromatic nitrogens is 3. The van der Waals surface area contributed by atoms with Gasteiger partial charge in [0.05, 0.1) is 25.3 Å². The van der Waals surface area contributed by atoms with E-state index in [2.05, 4.69) is 15.6 Å². The summed E-state index contributed by atoms with van der Waals surface area (Å²) in [5, 5.41) is 10.6. The summed E-state index contributed by atoms with van der Waals surface area (Å²) in [5.74, 6) is -0.581. The molecule has 8 nitrogen and oxygen atoms in total. The van der Waals surface area contributed by atoms with E-state index in [4.69, 9.17) is 4.74 Å². The molecule has 3 rings (SSSR count). The molecule has 9 heteroatoms. The van der Waals surface area contributed by atoms with Gasteiger partial charge >= 0.3 is 0 Å². The lowest BCUT2D eigenvalue weighted by Gasteiger charge is -2.23. The smallest absolute Gasteiger partial charge is 0.273 e. The topological polar surface area (TPSA) is 89.4 Å². The highest BCUT2D eigenvalue weighted by molar-refractivity contribution is 5.91. The van der Waals surface area contributed by atoms with Crippen LogP contribution < -0.4 is 5.32 Å². The summed E-state index contributed by atoms with van der Waals surface area (Å²) in [7, 11) is 0. The number of halogens is 1. The predicted octanol–water partition coefficient (Wildman–Crippen LogP) is 1.18. The van der Waals surface area contributed by atoms with Gasteiger partial charge in [0, 0.05) is 19.6 Å². The fourth-order valence-electron chi connectivity index (χ4n) is 3.19. The van der Waals surface area contributed by atoms with Crippen molar-refractivity contribution in [1.29, 1.82) is 0 Å². The predicted molar refractivity (Wildman–Crippen MR) is 99.1 cm³/mol. The van der Waals surface area contributed by atoms with Crippen LogP contribution in [-0.2, 0) is 22.6 Å². The van der Waals surface area contributed by atoms with Crippen LogP contribution in [0.5, 0.6) is 0 Å². The highest BCUT2D eigenvalue weighted by Gasteiger charge is 2.35. The average molecular weight is 389 g/mol. The molecule has 0 saturated carbocycles. The number of nitrogens with one attached hydrogen (secondary N) is 1. The van der Waals surface area contributed by atoms with Crippen LogP contribution in [0.4, 0.5) is 4.39 Å². The van der Waals surface area contributed by atoms with E-state index in [1.54, 1.807) is 6.92 Å². The molecule has 150 valence electrons. The van der Waals surface area contributed by atoms with E-state index >= 15 is 0 Å². The zero-order valence-electron chi connectivity index (χ0n) is 15.8. The number of nitrogens with zero attached hydrogens (tertiary/aromatic N) is 4. The molecule has 1 aliphatic heterocycles. The lowest BCUT2D eigenvalue weighted by Crippen LogP contribution is -2.40. The molecule has 2 atom stereocenters. The number of benzene rings is 1. The zero-order chi connectivity index (χ0) is 19.9. The molecular weight excluding hydrogens is 365 g/mol. The van der Waals surface area contributed by atoms with Crippen molar-refractivity contribution in [2.75, 3.05) is 19.8 Å². The molecule has 1 saturated heterocycles. The number of carbonyl (C=O) groups is 2. The van der Waals surface area contributed by atoms with Gasteiger partial charge in [0.15, 0.2) is 5.69 Å². The molecule has 1 aromatic carbocycles. The van der Waals surface area contributed by atoms with Crippen molar-refractivity contribution in [3.8, 4) is 0 Å². The molecule has 28 heavy (non-hydrogen) atoms. The molecule has 1 aliphatic rings. The maximum atomic E-state index is 13.9. The van der Waals surface area contributed by atoms with Crippen molar-refractivity contribution >= 4 is 11.8 Å². The number of amides is 2. The van der Waals surface area contributed by atoms with Crippen LogP contribution in [0.3, 0.4) is 0 Å². The summed E-state index contributed by atoms with van der Waals surface area (Å²) < 4.78 is 20.5. The van der Waals surface area contributed by atoms with Gasteiger partial charge in [0.25, 0.3) is 5.91 Å². The number of hydrogen-bond donors (Lipinski definition) is 1. The van der Waals surface area contributed by atoms with E-state index in [0.717, 1.165) is 5.56 Å². The van der Waals surface area contributed by atoms with Crippen LogP contribution in [0.2, 0.25) is 0 Å². The van der Waals surface area contributed by atoms with Crippen LogP contribution in [0, 0.1) is 0 Å².